The molecule has 0 aliphatic heterocycles. The standard InChI is InChI=1S/C12H14N2O3.C9H5F4N.C3H7NO3/c1-7-8(2)10(5-4-9(7)13-3)14-11(6-15)12(16)17;1-5-7(10)3-2-6(4-14)8(5)9(11,12)13;4-2(1-5)3(6)7/h4-5,11,14-15H,6H2,1-2H3,(H,16,17);2-3H,1H3;2,5H,1,4H2,(H,6,7)/t11-;;2-/m1.1/s1. The minimum Gasteiger partial charge on any atom is -0.480 e. The highest BCUT2D eigenvalue weighted by Crippen LogP contribution is 2.35. The first-order valence-electron chi connectivity index (χ1n) is 10.5. The summed E-state index contributed by atoms with van der Waals surface area (Å²) in [6, 6.07) is 4.19. The summed E-state index contributed by atoms with van der Waals surface area (Å²) in [5.41, 5.74) is 5.26. The van der Waals surface area contributed by atoms with E-state index in [-0.39, 0.29) is 0 Å². The summed E-state index contributed by atoms with van der Waals surface area (Å²) < 4.78 is 49.9. The third kappa shape index (κ3) is 9.67. The molecule has 2 aromatic rings. The van der Waals surface area contributed by atoms with Crippen LogP contribution >= 0.6 is 0 Å². The number of benzene rings is 2. The van der Waals surface area contributed by atoms with E-state index < -0.39 is 65.9 Å². The van der Waals surface area contributed by atoms with Gasteiger partial charge in [0, 0.05) is 5.69 Å². The van der Waals surface area contributed by atoms with Crippen LogP contribution in [0.15, 0.2) is 24.3 Å². The highest BCUT2D eigenvalue weighted by Gasteiger charge is 2.36. The van der Waals surface area contributed by atoms with Crippen LogP contribution in [0.3, 0.4) is 0 Å². The number of carbonyl (C=O) groups is 2. The van der Waals surface area contributed by atoms with Gasteiger partial charge in [-0.25, -0.2) is 14.0 Å². The number of nitrogens with two attached hydrogens (primary N) is 1. The van der Waals surface area contributed by atoms with E-state index in [0.29, 0.717) is 11.4 Å². The second-order valence-electron chi connectivity index (χ2n) is 7.54. The first-order valence-corrected chi connectivity index (χ1v) is 10.5. The van der Waals surface area contributed by atoms with Gasteiger partial charge in [0.25, 0.3) is 0 Å². The molecule has 0 amide bonds. The highest BCUT2D eigenvalue weighted by atomic mass is 19.4. The van der Waals surface area contributed by atoms with Gasteiger partial charge in [-0.3, -0.25) is 4.79 Å². The molecule has 0 unspecified atom stereocenters. The molecule has 0 aliphatic carbocycles. The molecule has 0 bridgehead atoms. The SMILES string of the molecule is Cc1c(F)ccc(C#N)c1C(F)(F)F.N[C@H](CO)C(=O)O.[C-]#[N+]c1ccc(N[C@H](CO)C(=O)O)c(C)c1C. The van der Waals surface area contributed by atoms with Gasteiger partial charge in [-0.1, -0.05) is 6.07 Å². The molecule has 0 saturated carbocycles. The Morgan fingerprint density at radius 2 is 1.63 bits per heavy atom. The minimum atomic E-state index is -4.70. The van der Waals surface area contributed by atoms with Crippen LogP contribution in [-0.2, 0) is 15.8 Å². The number of anilines is 1. The van der Waals surface area contributed by atoms with Gasteiger partial charge in [0.2, 0.25) is 0 Å². The second-order valence-corrected chi connectivity index (χ2v) is 7.54. The van der Waals surface area contributed by atoms with Crippen molar-refractivity contribution in [2.75, 3.05) is 18.5 Å². The number of aliphatic hydroxyl groups excluding tert-OH is 2. The summed E-state index contributed by atoms with van der Waals surface area (Å²) in [6.45, 7) is 10.6. The van der Waals surface area contributed by atoms with E-state index >= 15 is 0 Å². The average molecular weight is 542 g/mol. The Morgan fingerprint density at radius 3 is 2.00 bits per heavy atom. The summed E-state index contributed by atoms with van der Waals surface area (Å²) in [6.07, 6.45) is -4.70. The lowest BCUT2D eigenvalue weighted by molar-refractivity contribution is -0.140. The number of carboxylic acids is 2. The van der Waals surface area contributed by atoms with Crippen molar-refractivity contribution < 1.29 is 47.6 Å². The zero-order chi connectivity index (χ0) is 29.8. The Bertz CT molecular complexity index is 1220. The quantitative estimate of drug-likeness (QED) is 0.236. The Balaban J connectivity index is 0.000000587. The van der Waals surface area contributed by atoms with Crippen molar-refractivity contribution in [3.8, 4) is 6.07 Å². The molecule has 38 heavy (non-hydrogen) atoms. The van der Waals surface area contributed by atoms with Crippen molar-refractivity contribution in [3.63, 3.8) is 0 Å². The first-order chi connectivity index (χ1) is 17.6. The molecule has 0 aliphatic rings. The average Bonchev–Trinajstić information content (AvgIpc) is 2.85. The Hall–Kier alpha value is -4.24. The summed E-state index contributed by atoms with van der Waals surface area (Å²) in [5.74, 6) is -3.25. The maximum absolute atomic E-state index is 12.8. The van der Waals surface area contributed by atoms with Crippen LogP contribution in [0, 0.1) is 44.5 Å². The number of hydrogen-bond acceptors (Lipinski definition) is 7. The van der Waals surface area contributed by atoms with Gasteiger partial charge in [0.15, 0.2) is 5.69 Å². The van der Waals surface area contributed by atoms with E-state index in [4.69, 9.17) is 38.0 Å². The van der Waals surface area contributed by atoms with Crippen LogP contribution in [0.2, 0.25) is 0 Å². The van der Waals surface area contributed by atoms with Gasteiger partial charge in [0.1, 0.15) is 17.9 Å². The number of nitrogens with zero attached hydrogens (tertiary/aromatic N) is 2. The zero-order valence-electron chi connectivity index (χ0n) is 20.5. The van der Waals surface area contributed by atoms with Crippen LogP contribution in [0.5, 0.6) is 0 Å². The Labute approximate surface area is 215 Å². The third-order valence-corrected chi connectivity index (χ3v) is 5.01. The van der Waals surface area contributed by atoms with Crippen molar-refractivity contribution in [2.24, 2.45) is 5.73 Å². The van der Waals surface area contributed by atoms with Crippen molar-refractivity contribution in [3.05, 3.63) is 69.3 Å². The molecule has 0 heterocycles. The molecule has 0 fully saturated rings. The van der Waals surface area contributed by atoms with Gasteiger partial charge in [-0.05, 0) is 55.7 Å². The summed E-state index contributed by atoms with van der Waals surface area (Å²) >= 11 is 0. The molecule has 2 atom stereocenters. The summed E-state index contributed by atoms with van der Waals surface area (Å²) in [4.78, 5) is 23.8. The maximum atomic E-state index is 12.8. The maximum Gasteiger partial charge on any atom is 0.418 e. The molecule has 7 N–H and O–H groups in total. The lowest BCUT2D eigenvalue weighted by atomic mass is 10.0. The van der Waals surface area contributed by atoms with Crippen LogP contribution in [0.1, 0.15) is 27.8 Å². The fourth-order valence-electron chi connectivity index (χ4n) is 2.68. The molecule has 14 heteroatoms. The second kappa shape index (κ2) is 15.1. The van der Waals surface area contributed by atoms with Gasteiger partial charge in [-0.15, -0.1) is 0 Å². The molecule has 0 saturated heterocycles. The van der Waals surface area contributed by atoms with Crippen molar-refractivity contribution in [1.29, 1.82) is 5.26 Å². The van der Waals surface area contributed by atoms with E-state index in [1.165, 1.54) is 6.07 Å². The van der Waals surface area contributed by atoms with E-state index in [1.807, 2.05) is 13.8 Å². The number of aliphatic carboxylic acids is 2. The van der Waals surface area contributed by atoms with Gasteiger partial charge in [-0.2, -0.15) is 18.4 Å². The molecule has 206 valence electrons. The largest absolute Gasteiger partial charge is 0.480 e. The number of hydrogen-bond donors (Lipinski definition) is 6. The van der Waals surface area contributed by atoms with E-state index in [0.717, 1.165) is 30.2 Å². The zero-order valence-corrected chi connectivity index (χ0v) is 20.5. The molecule has 2 aromatic carbocycles. The number of rotatable bonds is 6. The molecule has 10 nitrogen and oxygen atoms in total. The smallest absolute Gasteiger partial charge is 0.418 e. The van der Waals surface area contributed by atoms with Crippen LogP contribution in [0.25, 0.3) is 4.85 Å². The number of aliphatic hydroxyl groups is 2. The first kappa shape index (κ1) is 33.8. The summed E-state index contributed by atoms with van der Waals surface area (Å²) in [7, 11) is 0. The van der Waals surface area contributed by atoms with E-state index in [9.17, 15) is 27.2 Å². The molecule has 2 rings (SSSR count). The number of nitrogens with one attached hydrogen (secondary N) is 1. The monoisotopic (exact) mass is 542 g/mol. The predicted octanol–water partition coefficient (Wildman–Crippen LogP) is 3.13. The lowest BCUT2D eigenvalue weighted by Crippen LogP contribution is -2.33. The molecule has 0 spiro atoms. The van der Waals surface area contributed by atoms with Crippen molar-refractivity contribution in [2.45, 2.75) is 39.0 Å². The number of carboxylic acid groups (broad SMARTS) is 2. The Morgan fingerprint density at radius 1 is 1.05 bits per heavy atom. The highest BCUT2D eigenvalue weighted by molar-refractivity contribution is 5.78. The number of halogens is 4. The van der Waals surface area contributed by atoms with Crippen LogP contribution < -0.4 is 11.1 Å². The third-order valence-electron chi connectivity index (χ3n) is 5.01. The Kier molecular flexibility index (Phi) is 13.4. The lowest BCUT2D eigenvalue weighted by Gasteiger charge is -2.17. The number of nitriles is 1. The van der Waals surface area contributed by atoms with Crippen LogP contribution in [0.4, 0.5) is 28.9 Å². The predicted molar refractivity (Wildman–Crippen MR) is 128 cm³/mol. The van der Waals surface area contributed by atoms with Gasteiger partial charge >= 0.3 is 18.1 Å². The molecular formula is C24H26F4N4O6. The van der Waals surface area contributed by atoms with Crippen molar-refractivity contribution in [1.82, 2.24) is 0 Å². The minimum absolute atomic E-state index is 0.488. The fraction of sp³-hybridized carbons (Fsp3) is 0.333. The summed E-state index contributed by atoms with van der Waals surface area (Å²) in [5, 5.41) is 44.8. The molecule has 0 aromatic heterocycles. The van der Waals surface area contributed by atoms with Crippen LogP contribution in [-0.4, -0.2) is 57.7 Å². The van der Waals surface area contributed by atoms with E-state index in [1.54, 1.807) is 12.1 Å². The van der Waals surface area contributed by atoms with Crippen molar-refractivity contribution >= 4 is 23.3 Å². The van der Waals surface area contributed by atoms with Gasteiger partial charge < -0.3 is 31.5 Å². The fourth-order valence-corrected chi connectivity index (χ4v) is 2.68. The topological polar surface area (TPSA) is 181 Å². The molecule has 0 radical (unpaired) electrons. The molecular weight excluding hydrogens is 516 g/mol. The normalized spacial score (nSPS) is 11.8. The van der Waals surface area contributed by atoms with E-state index in [2.05, 4.69) is 10.2 Å². The number of alkyl halides is 3. The van der Waals surface area contributed by atoms with Gasteiger partial charge in [0.05, 0.1) is 37.0 Å².